The molecule has 4 nitrogen and oxygen atoms in total. The van der Waals surface area contributed by atoms with Crippen LogP contribution in [0.4, 0.5) is 5.82 Å². The average molecular weight is 169 g/mol. The van der Waals surface area contributed by atoms with Crippen LogP contribution in [0.1, 0.15) is 26.2 Å². The van der Waals surface area contributed by atoms with Crippen LogP contribution in [-0.2, 0) is 0 Å². The van der Waals surface area contributed by atoms with Crippen molar-refractivity contribution in [3.63, 3.8) is 0 Å². The van der Waals surface area contributed by atoms with E-state index >= 15 is 0 Å². The van der Waals surface area contributed by atoms with Gasteiger partial charge in [-0.2, -0.15) is 0 Å². The van der Waals surface area contributed by atoms with Gasteiger partial charge in [-0.25, -0.2) is 0 Å². The number of rotatable bonds is 5. The van der Waals surface area contributed by atoms with Crippen LogP contribution < -0.4 is 10.9 Å². The van der Waals surface area contributed by atoms with E-state index in [4.69, 9.17) is 0 Å². The third-order valence-corrected chi connectivity index (χ3v) is 1.69. The van der Waals surface area contributed by atoms with Gasteiger partial charge in [0.1, 0.15) is 5.82 Å². The minimum atomic E-state index is -0.0898. The Morgan fingerprint density at radius 2 is 2.25 bits per heavy atom. The summed E-state index contributed by atoms with van der Waals surface area (Å²) in [5, 5.41) is 8.31. The molecule has 1 heterocycles. The lowest BCUT2D eigenvalue weighted by Crippen LogP contribution is -2.01. The van der Waals surface area contributed by atoms with E-state index in [0.29, 0.717) is 0 Å². The molecule has 4 heteroatoms. The van der Waals surface area contributed by atoms with Gasteiger partial charge in [0.05, 0.1) is 0 Å². The second kappa shape index (κ2) is 4.64. The molecule has 0 bridgehead atoms. The summed E-state index contributed by atoms with van der Waals surface area (Å²) >= 11 is 0. The van der Waals surface area contributed by atoms with Crippen LogP contribution in [0.2, 0.25) is 0 Å². The lowest BCUT2D eigenvalue weighted by atomic mass is 10.2. The highest BCUT2D eigenvalue weighted by molar-refractivity contribution is 5.31. The van der Waals surface area contributed by atoms with E-state index in [1.165, 1.54) is 18.9 Å². The number of nitrogens with one attached hydrogen (secondary N) is 3. The van der Waals surface area contributed by atoms with Crippen LogP contribution in [0.15, 0.2) is 10.9 Å². The van der Waals surface area contributed by atoms with Gasteiger partial charge in [-0.1, -0.05) is 19.8 Å². The lowest BCUT2D eigenvalue weighted by molar-refractivity contribution is 0.742. The van der Waals surface area contributed by atoms with Gasteiger partial charge in [0.25, 0.3) is 5.56 Å². The van der Waals surface area contributed by atoms with Crippen LogP contribution in [0, 0.1) is 0 Å². The number of H-pyrrole nitrogens is 2. The highest BCUT2D eigenvalue weighted by atomic mass is 16.1. The third kappa shape index (κ3) is 2.82. The molecule has 0 atom stereocenters. The maximum atomic E-state index is 10.7. The van der Waals surface area contributed by atoms with E-state index in [1.807, 2.05) is 0 Å². The predicted octanol–water partition coefficient (Wildman–Crippen LogP) is 1.31. The largest absolute Gasteiger partial charge is 0.370 e. The van der Waals surface area contributed by atoms with Crippen LogP contribution in [-0.4, -0.2) is 16.7 Å². The smallest absolute Gasteiger partial charge is 0.266 e. The molecule has 12 heavy (non-hydrogen) atoms. The highest BCUT2D eigenvalue weighted by Crippen LogP contribution is 1.97. The number of aromatic amines is 2. The molecule has 1 aromatic rings. The van der Waals surface area contributed by atoms with Crippen molar-refractivity contribution in [3.8, 4) is 0 Å². The Bertz CT molecular complexity index is 263. The molecule has 0 unspecified atom stereocenters. The standard InChI is InChI=1S/C8H15N3O/c1-2-3-4-5-9-7-6-8(12)11-10-7/h6H,2-5H2,1H3,(H3,9,10,11,12). The molecule has 0 aromatic carbocycles. The van der Waals surface area contributed by atoms with Crippen molar-refractivity contribution in [2.24, 2.45) is 0 Å². The number of hydrogen-bond acceptors (Lipinski definition) is 2. The van der Waals surface area contributed by atoms with E-state index in [1.54, 1.807) is 0 Å². The zero-order valence-corrected chi connectivity index (χ0v) is 7.31. The molecule has 1 rings (SSSR count). The Morgan fingerprint density at radius 1 is 1.42 bits per heavy atom. The summed E-state index contributed by atoms with van der Waals surface area (Å²) < 4.78 is 0. The summed E-state index contributed by atoms with van der Waals surface area (Å²) in [6.07, 6.45) is 3.58. The molecule has 0 amide bonds. The Hall–Kier alpha value is -1.19. The summed E-state index contributed by atoms with van der Waals surface area (Å²) in [7, 11) is 0. The first kappa shape index (κ1) is 8.90. The van der Waals surface area contributed by atoms with E-state index in [0.717, 1.165) is 18.8 Å². The van der Waals surface area contributed by atoms with Gasteiger partial charge in [-0.3, -0.25) is 15.0 Å². The van der Waals surface area contributed by atoms with Gasteiger partial charge in [-0.05, 0) is 6.42 Å². The van der Waals surface area contributed by atoms with Crippen LogP contribution in [0.5, 0.6) is 0 Å². The minimum Gasteiger partial charge on any atom is -0.370 e. The van der Waals surface area contributed by atoms with Crippen molar-refractivity contribution < 1.29 is 0 Å². The molecule has 0 fully saturated rings. The summed E-state index contributed by atoms with van der Waals surface area (Å²) in [6, 6.07) is 1.52. The number of aromatic nitrogens is 2. The summed E-state index contributed by atoms with van der Waals surface area (Å²) in [5.41, 5.74) is -0.0898. The zero-order valence-electron chi connectivity index (χ0n) is 7.31. The van der Waals surface area contributed by atoms with Crippen molar-refractivity contribution >= 4 is 5.82 Å². The monoisotopic (exact) mass is 169 g/mol. The van der Waals surface area contributed by atoms with Gasteiger partial charge in [0, 0.05) is 12.6 Å². The van der Waals surface area contributed by atoms with Crippen molar-refractivity contribution in [3.05, 3.63) is 16.4 Å². The van der Waals surface area contributed by atoms with E-state index in [2.05, 4.69) is 22.4 Å². The maximum absolute atomic E-state index is 10.7. The molecule has 0 saturated heterocycles. The molecule has 0 saturated carbocycles. The molecule has 0 radical (unpaired) electrons. The third-order valence-electron chi connectivity index (χ3n) is 1.69. The van der Waals surface area contributed by atoms with E-state index in [9.17, 15) is 4.79 Å². The average Bonchev–Trinajstić information content (AvgIpc) is 2.45. The zero-order chi connectivity index (χ0) is 8.81. The Morgan fingerprint density at radius 3 is 2.83 bits per heavy atom. The normalized spacial score (nSPS) is 10.1. The van der Waals surface area contributed by atoms with E-state index in [-0.39, 0.29) is 5.56 Å². The molecule has 68 valence electrons. The first-order chi connectivity index (χ1) is 5.83. The fourth-order valence-electron chi connectivity index (χ4n) is 1.03. The van der Waals surface area contributed by atoms with Gasteiger partial charge < -0.3 is 5.32 Å². The van der Waals surface area contributed by atoms with Gasteiger partial charge >= 0.3 is 0 Å². The molecule has 0 spiro atoms. The molecular weight excluding hydrogens is 154 g/mol. The lowest BCUT2D eigenvalue weighted by Gasteiger charge is -2.00. The second-order valence-electron chi connectivity index (χ2n) is 2.81. The second-order valence-corrected chi connectivity index (χ2v) is 2.81. The van der Waals surface area contributed by atoms with Crippen LogP contribution in [0.3, 0.4) is 0 Å². The maximum Gasteiger partial charge on any atom is 0.266 e. The molecule has 0 aliphatic rings. The summed E-state index contributed by atoms with van der Waals surface area (Å²) in [4.78, 5) is 10.7. The van der Waals surface area contributed by atoms with E-state index < -0.39 is 0 Å². The fraction of sp³-hybridized carbons (Fsp3) is 0.625. The number of anilines is 1. The quantitative estimate of drug-likeness (QED) is 0.582. The fourth-order valence-corrected chi connectivity index (χ4v) is 1.03. The van der Waals surface area contributed by atoms with Crippen molar-refractivity contribution in [2.75, 3.05) is 11.9 Å². The minimum absolute atomic E-state index is 0.0898. The first-order valence-electron chi connectivity index (χ1n) is 4.34. The van der Waals surface area contributed by atoms with Crippen molar-refractivity contribution in [2.45, 2.75) is 26.2 Å². The SMILES string of the molecule is CCCCCNc1cc(=O)[nH][nH]1. The van der Waals surface area contributed by atoms with Gasteiger partial charge in [0.15, 0.2) is 0 Å². The number of hydrogen-bond donors (Lipinski definition) is 3. The summed E-state index contributed by atoms with van der Waals surface area (Å²) in [6.45, 7) is 3.08. The topological polar surface area (TPSA) is 60.7 Å². The highest BCUT2D eigenvalue weighted by Gasteiger charge is 1.92. The Balaban J connectivity index is 2.20. The number of unbranched alkanes of at least 4 members (excludes halogenated alkanes) is 2. The molecular formula is C8H15N3O. The molecule has 1 aromatic heterocycles. The Kier molecular flexibility index (Phi) is 3.44. The van der Waals surface area contributed by atoms with Crippen molar-refractivity contribution in [1.29, 1.82) is 0 Å². The van der Waals surface area contributed by atoms with Crippen LogP contribution in [0.25, 0.3) is 0 Å². The molecule has 0 aliphatic heterocycles. The summed E-state index contributed by atoms with van der Waals surface area (Å²) in [5.74, 6) is 0.774. The molecule has 3 N–H and O–H groups in total. The first-order valence-corrected chi connectivity index (χ1v) is 4.34. The van der Waals surface area contributed by atoms with Crippen LogP contribution >= 0.6 is 0 Å². The predicted molar refractivity (Wildman–Crippen MR) is 49.4 cm³/mol. The van der Waals surface area contributed by atoms with Crippen molar-refractivity contribution in [1.82, 2.24) is 10.2 Å². The molecule has 0 aliphatic carbocycles. The van der Waals surface area contributed by atoms with Gasteiger partial charge in [0.2, 0.25) is 0 Å². The van der Waals surface area contributed by atoms with Gasteiger partial charge in [-0.15, -0.1) is 0 Å². The Labute approximate surface area is 71.4 Å².